The number of halogens is 1. The molecule has 0 radical (unpaired) electrons. The number of rotatable bonds is 5. The van der Waals surface area contributed by atoms with Crippen molar-refractivity contribution in [3.63, 3.8) is 0 Å². The fourth-order valence-electron chi connectivity index (χ4n) is 1.95. The van der Waals surface area contributed by atoms with Crippen molar-refractivity contribution in [3.05, 3.63) is 22.8 Å². The normalized spacial score (nSPS) is 17.0. The number of carboxylic acids is 1. The standard InChI is InChI=1S/C12H15ClN2O2S/c1-18-12(3-2-4-12)7-15-10-9(13)5-8(6-14-10)11(16)17/h5-6H,2-4,7H2,1H3,(H,14,15)(H,16,17). The Morgan fingerprint density at radius 2 is 2.39 bits per heavy atom. The first-order valence-electron chi connectivity index (χ1n) is 5.74. The Hall–Kier alpha value is -0.940. The summed E-state index contributed by atoms with van der Waals surface area (Å²) in [5, 5.41) is 12.4. The number of thioether (sulfide) groups is 1. The molecule has 1 heterocycles. The quantitative estimate of drug-likeness (QED) is 0.871. The van der Waals surface area contributed by atoms with Crippen LogP contribution < -0.4 is 5.32 Å². The highest BCUT2D eigenvalue weighted by Gasteiger charge is 2.36. The van der Waals surface area contributed by atoms with Crippen LogP contribution in [0.1, 0.15) is 29.6 Å². The number of pyridine rings is 1. The van der Waals surface area contributed by atoms with E-state index in [0.717, 1.165) is 6.54 Å². The van der Waals surface area contributed by atoms with Crippen LogP contribution in [-0.2, 0) is 0 Å². The molecule has 0 aliphatic heterocycles. The number of aromatic carboxylic acids is 1. The second-order valence-electron chi connectivity index (χ2n) is 4.45. The number of hydrogen-bond donors (Lipinski definition) is 2. The van der Waals surface area contributed by atoms with E-state index < -0.39 is 5.97 Å². The van der Waals surface area contributed by atoms with E-state index in [1.165, 1.54) is 31.5 Å². The first-order valence-corrected chi connectivity index (χ1v) is 7.34. The Balaban J connectivity index is 2.03. The molecule has 0 bridgehead atoms. The maximum Gasteiger partial charge on any atom is 0.337 e. The van der Waals surface area contributed by atoms with Crippen molar-refractivity contribution in [2.24, 2.45) is 0 Å². The van der Waals surface area contributed by atoms with E-state index in [1.54, 1.807) is 0 Å². The molecule has 1 aromatic rings. The molecule has 2 rings (SSSR count). The molecule has 6 heteroatoms. The molecular formula is C12H15ClN2O2S. The third-order valence-electron chi connectivity index (χ3n) is 3.36. The van der Waals surface area contributed by atoms with Gasteiger partial charge in [-0.2, -0.15) is 11.8 Å². The zero-order valence-electron chi connectivity index (χ0n) is 10.1. The van der Waals surface area contributed by atoms with Crippen LogP contribution in [0, 0.1) is 0 Å². The summed E-state index contributed by atoms with van der Waals surface area (Å²) in [6, 6.07) is 1.42. The number of nitrogens with one attached hydrogen (secondary N) is 1. The maximum absolute atomic E-state index is 10.8. The van der Waals surface area contributed by atoms with E-state index in [1.807, 2.05) is 11.8 Å². The summed E-state index contributed by atoms with van der Waals surface area (Å²) in [7, 11) is 0. The predicted octanol–water partition coefficient (Wildman–Crippen LogP) is 3.13. The molecule has 98 valence electrons. The maximum atomic E-state index is 10.8. The number of carboxylic acid groups (broad SMARTS) is 1. The van der Waals surface area contributed by atoms with Gasteiger partial charge < -0.3 is 10.4 Å². The van der Waals surface area contributed by atoms with Gasteiger partial charge in [0.1, 0.15) is 5.82 Å². The van der Waals surface area contributed by atoms with Gasteiger partial charge in [-0.25, -0.2) is 9.78 Å². The monoisotopic (exact) mass is 286 g/mol. The lowest BCUT2D eigenvalue weighted by molar-refractivity contribution is 0.0696. The Kier molecular flexibility index (Phi) is 4.02. The molecule has 0 spiro atoms. The van der Waals surface area contributed by atoms with Crippen molar-refractivity contribution in [3.8, 4) is 0 Å². The van der Waals surface area contributed by atoms with Crippen LogP contribution in [0.25, 0.3) is 0 Å². The van der Waals surface area contributed by atoms with Crippen molar-refractivity contribution in [2.75, 3.05) is 18.1 Å². The van der Waals surface area contributed by atoms with E-state index in [2.05, 4.69) is 16.6 Å². The summed E-state index contributed by atoms with van der Waals surface area (Å²) in [6.45, 7) is 0.813. The van der Waals surface area contributed by atoms with Gasteiger partial charge in [-0.05, 0) is 25.2 Å². The van der Waals surface area contributed by atoms with Gasteiger partial charge in [0.15, 0.2) is 0 Å². The third kappa shape index (κ3) is 2.72. The molecule has 2 N–H and O–H groups in total. The first-order chi connectivity index (χ1) is 8.56. The number of carbonyl (C=O) groups is 1. The summed E-state index contributed by atoms with van der Waals surface area (Å²) in [4.78, 5) is 14.8. The SMILES string of the molecule is CSC1(CNc2ncc(C(=O)O)cc2Cl)CCC1. The average Bonchev–Trinajstić information content (AvgIpc) is 2.29. The minimum atomic E-state index is -1.02. The predicted molar refractivity (Wildman–Crippen MR) is 74.8 cm³/mol. The molecule has 0 saturated heterocycles. The average molecular weight is 287 g/mol. The zero-order valence-corrected chi connectivity index (χ0v) is 11.6. The fourth-order valence-corrected chi connectivity index (χ4v) is 3.10. The Morgan fingerprint density at radius 3 is 2.83 bits per heavy atom. The molecule has 1 aliphatic carbocycles. The van der Waals surface area contributed by atoms with Crippen molar-refractivity contribution in [2.45, 2.75) is 24.0 Å². The molecular weight excluding hydrogens is 272 g/mol. The van der Waals surface area contributed by atoms with Gasteiger partial charge in [-0.15, -0.1) is 0 Å². The molecule has 0 atom stereocenters. The summed E-state index contributed by atoms with van der Waals surface area (Å²) in [5.41, 5.74) is 0.105. The zero-order chi connectivity index (χ0) is 13.2. The first kappa shape index (κ1) is 13.5. The van der Waals surface area contributed by atoms with Crippen molar-refractivity contribution in [1.29, 1.82) is 0 Å². The van der Waals surface area contributed by atoms with E-state index in [-0.39, 0.29) is 10.3 Å². The molecule has 4 nitrogen and oxygen atoms in total. The summed E-state index contributed by atoms with van der Waals surface area (Å²) in [6.07, 6.45) is 7.10. The van der Waals surface area contributed by atoms with Crippen LogP contribution in [0.5, 0.6) is 0 Å². The topological polar surface area (TPSA) is 62.2 Å². The van der Waals surface area contributed by atoms with E-state index in [4.69, 9.17) is 16.7 Å². The van der Waals surface area contributed by atoms with E-state index in [0.29, 0.717) is 10.8 Å². The van der Waals surface area contributed by atoms with Gasteiger partial charge in [0.25, 0.3) is 0 Å². The lowest BCUT2D eigenvalue weighted by Gasteiger charge is -2.40. The molecule has 1 aromatic heterocycles. The lowest BCUT2D eigenvalue weighted by atomic mass is 9.84. The van der Waals surface area contributed by atoms with Crippen molar-refractivity contribution in [1.82, 2.24) is 4.98 Å². The number of hydrogen-bond acceptors (Lipinski definition) is 4. The highest BCUT2D eigenvalue weighted by molar-refractivity contribution is 8.00. The Morgan fingerprint density at radius 1 is 1.67 bits per heavy atom. The number of nitrogens with zero attached hydrogens (tertiary/aromatic N) is 1. The van der Waals surface area contributed by atoms with Gasteiger partial charge in [-0.1, -0.05) is 18.0 Å². The molecule has 1 saturated carbocycles. The van der Waals surface area contributed by atoms with Crippen LogP contribution in [0.15, 0.2) is 12.3 Å². The molecule has 1 aliphatic rings. The Labute approximate surface area is 115 Å². The van der Waals surface area contributed by atoms with E-state index in [9.17, 15) is 4.79 Å². The van der Waals surface area contributed by atoms with Gasteiger partial charge in [0.2, 0.25) is 0 Å². The number of aromatic nitrogens is 1. The van der Waals surface area contributed by atoms with Crippen molar-refractivity contribution < 1.29 is 9.90 Å². The summed E-state index contributed by atoms with van der Waals surface area (Å²) < 4.78 is 0.288. The molecule has 18 heavy (non-hydrogen) atoms. The number of anilines is 1. The van der Waals surface area contributed by atoms with Gasteiger partial charge in [-0.3, -0.25) is 0 Å². The molecule has 0 aromatic carbocycles. The van der Waals surface area contributed by atoms with Crippen molar-refractivity contribution >= 4 is 35.1 Å². The third-order valence-corrected chi connectivity index (χ3v) is 5.07. The highest BCUT2D eigenvalue weighted by Crippen LogP contribution is 2.42. The van der Waals surface area contributed by atoms with E-state index >= 15 is 0 Å². The summed E-state index contributed by atoms with van der Waals surface area (Å²) in [5.74, 6) is -0.461. The lowest BCUT2D eigenvalue weighted by Crippen LogP contribution is -2.40. The van der Waals surface area contributed by atoms with Crippen LogP contribution >= 0.6 is 23.4 Å². The minimum absolute atomic E-state index is 0.105. The van der Waals surface area contributed by atoms with Crippen LogP contribution in [0.4, 0.5) is 5.82 Å². The largest absolute Gasteiger partial charge is 0.478 e. The molecule has 0 amide bonds. The van der Waals surface area contributed by atoms with Crippen LogP contribution in [0.3, 0.4) is 0 Å². The minimum Gasteiger partial charge on any atom is -0.478 e. The Bertz CT molecular complexity index is 458. The highest BCUT2D eigenvalue weighted by atomic mass is 35.5. The van der Waals surface area contributed by atoms with Gasteiger partial charge in [0.05, 0.1) is 10.6 Å². The summed E-state index contributed by atoms with van der Waals surface area (Å²) >= 11 is 7.88. The molecule has 1 fully saturated rings. The van der Waals surface area contributed by atoms with Crippen LogP contribution in [-0.4, -0.2) is 33.6 Å². The van der Waals surface area contributed by atoms with Gasteiger partial charge >= 0.3 is 5.97 Å². The fraction of sp³-hybridized carbons (Fsp3) is 0.500. The van der Waals surface area contributed by atoms with Gasteiger partial charge in [0, 0.05) is 17.5 Å². The second-order valence-corrected chi connectivity index (χ2v) is 6.14. The molecule has 0 unspecified atom stereocenters. The second kappa shape index (κ2) is 5.36. The smallest absolute Gasteiger partial charge is 0.337 e. The van der Waals surface area contributed by atoms with Crippen LogP contribution in [0.2, 0.25) is 5.02 Å².